The molecule has 0 N–H and O–H groups in total. The van der Waals surface area contributed by atoms with Crippen molar-refractivity contribution in [2.24, 2.45) is 0 Å². The van der Waals surface area contributed by atoms with E-state index >= 15 is 0 Å². The Kier molecular flexibility index (Phi) is 3.61. The molecule has 1 aliphatic heterocycles. The molecule has 1 aromatic rings. The molecule has 0 spiro atoms. The molecule has 2 rings (SSSR count). The lowest BCUT2D eigenvalue weighted by Gasteiger charge is -2.32. The summed E-state index contributed by atoms with van der Waals surface area (Å²) in [4.78, 5) is 13.3. The lowest BCUT2D eigenvalue weighted by Crippen LogP contribution is -2.45. The molecule has 1 aromatic heterocycles. The molecular formula is C11H17ClN4. The fourth-order valence-corrected chi connectivity index (χ4v) is 1.98. The van der Waals surface area contributed by atoms with Gasteiger partial charge in [0.05, 0.1) is 0 Å². The van der Waals surface area contributed by atoms with E-state index in [1.54, 1.807) is 0 Å². The van der Waals surface area contributed by atoms with Crippen LogP contribution in [0.3, 0.4) is 0 Å². The number of piperazine rings is 1. The molecule has 0 saturated carbocycles. The summed E-state index contributed by atoms with van der Waals surface area (Å²) in [6.07, 6.45) is 0.892. The quantitative estimate of drug-likeness (QED) is 0.733. The molecule has 1 saturated heterocycles. The number of hydrogen-bond acceptors (Lipinski definition) is 4. The zero-order valence-electron chi connectivity index (χ0n) is 9.78. The Morgan fingerprint density at radius 3 is 2.56 bits per heavy atom. The van der Waals surface area contributed by atoms with Gasteiger partial charge in [-0.15, -0.1) is 0 Å². The maximum atomic E-state index is 5.99. The van der Waals surface area contributed by atoms with E-state index in [0.717, 1.165) is 44.2 Å². The van der Waals surface area contributed by atoms with Crippen molar-refractivity contribution < 1.29 is 0 Å². The van der Waals surface area contributed by atoms with Crippen molar-refractivity contribution in [1.29, 1.82) is 0 Å². The third-order valence-corrected chi connectivity index (χ3v) is 3.08. The molecule has 88 valence electrons. The van der Waals surface area contributed by atoms with Gasteiger partial charge in [-0.2, -0.15) is 0 Å². The highest BCUT2D eigenvalue weighted by Crippen LogP contribution is 2.15. The van der Waals surface area contributed by atoms with Gasteiger partial charge in [0.1, 0.15) is 5.15 Å². The van der Waals surface area contributed by atoms with E-state index in [1.165, 1.54) is 0 Å². The molecule has 0 bridgehead atoms. The molecule has 1 fully saturated rings. The molecule has 0 unspecified atom stereocenters. The number of rotatable bonds is 2. The van der Waals surface area contributed by atoms with Crippen molar-refractivity contribution in [3.8, 4) is 0 Å². The fraction of sp³-hybridized carbons (Fsp3) is 0.636. The van der Waals surface area contributed by atoms with Gasteiger partial charge in [0.2, 0.25) is 5.95 Å². The molecule has 4 nitrogen and oxygen atoms in total. The third kappa shape index (κ3) is 2.62. The molecule has 0 aromatic carbocycles. The number of aryl methyl sites for hydroxylation is 1. The Morgan fingerprint density at radius 2 is 1.94 bits per heavy atom. The van der Waals surface area contributed by atoms with Crippen molar-refractivity contribution in [1.82, 2.24) is 14.9 Å². The van der Waals surface area contributed by atoms with Crippen LogP contribution >= 0.6 is 11.6 Å². The van der Waals surface area contributed by atoms with Crippen LogP contribution in [0.1, 0.15) is 12.6 Å². The lowest BCUT2D eigenvalue weighted by atomic mass is 10.3. The second kappa shape index (κ2) is 4.97. The van der Waals surface area contributed by atoms with Crippen LogP contribution in [-0.4, -0.2) is 48.1 Å². The smallest absolute Gasteiger partial charge is 0.227 e. The summed E-state index contributed by atoms with van der Waals surface area (Å²) in [7, 11) is 2.13. The first-order valence-corrected chi connectivity index (χ1v) is 6.04. The summed E-state index contributed by atoms with van der Waals surface area (Å²) in [5.74, 6) is 0.775. The Labute approximate surface area is 101 Å². The normalized spacial score (nSPS) is 17.8. The number of nitrogens with zero attached hydrogens (tertiary/aromatic N) is 4. The fourth-order valence-electron chi connectivity index (χ4n) is 1.78. The summed E-state index contributed by atoms with van der Waals surface area (Å²) < 4.78 is 0. The largest absolute Gasteiger partial charge is 0.338 e. The number of aromatic nitrogens is 2. The van der Waals surface area contributed by atoms with Crippen LogP contribution in [0.5, 0.6) is 0 Å². The van der Waals surface area contributed by atoms with Crippen LogP contribution < -0.4 is 4.90 Å². The second-order valence-corrected chi connectivity index (χ2v) is 4.51. The second-order valence-electron chi connectivity index (χ2n) is 4.13. The highest BCUT2D eigenvalue weighted by molar-refractivity contribution is 6.29. The summed E-state index contributed by atoms with van der Waals surface area (Å²) in [6, 6.07) is 1.83. The van der Waals surface area contributed by atoms with Crippen molar-refractivity contribution in [3.63, 3.8) is 0 Å². The summed E-state index contributed by atoms with van der Waals surface area (Å²) in [6.45, 7) is 6.13. The first-order valence-electron chi connectivity index (χ1n) is 5.66. The van der Waals surface area contributed by atoms with Crippen molar-refractivity contribution in [2.75, 3.05) is 38.1 Å². The Balaban J connectivity index is 2.16. The standard InChI is InChI=1S/C11H17ClN4/c1-3-9-8-10(12)14-11(13-9)16-6-4-15(2)5-7-16/h8H,3-7H2,1-2H3. The van der Waals surface area contributed by atoms with E-state index in [9.17, 15) is 0 Å². The summed E-state index contributed by atoms with van der Waals surface area (Å²) in [5.41, 5.74) is 1.01. The zero-order valence-corrected chi connectivity index (χ0v) is 10.5. The summed E-state index contributed by atoms with van der Waals surface area (Å²) in [5, 5.41) is 0.542. The first kappa shape index (κ1) is 11.6. The number of halogens is 1. The first-order chi connectivity index (χ1) is 7.69. The Hall–Kier alpha value is -0.870. The molecule has 0 amide bonds. The van der Waals surface area contributed by atoms with Gasteiger partial charge in [-0.1, -0.05) is 18.5 Å². The molecule has 1 aliphatic rings. The minimum Gasteiger partial charge on any atom is -0.338 e. The Morgan fingerprint density at radius 1 is 1.25 bits per heavy atom. The van der Waals surface area contributed by atoms with E-state index in [-0.39, 0.29) is 0 Å². The van der Waals surface area contributed by atoms with Crippen LogP contribution in [0.15, 0.2) is 6.07 Å². The van der Waals surface area contributed by atoms with E-state index in [1.807, 2.05) is 6.07 Å². The maximum Gasteiger partial charge on any atom is 0.227 e. The summed E-state index contributed by atoms with van der Waals surface area (Å²) >= 11 is 5.99. The third-order valence-electron chi connectivity index (χ3n) is 2.88. The molecule has 2 heterocycles. The van der Waals surface area contributed by atoms with Gasteiger partial charge in [-0.25, -0.2) is 9.97 Å². The monoisotopic (exact) mass is 240 g/mol. The van der Waals surface area contributed by atoms with E-state index < -0.39 is 0 Å². The predicted molar refractivity (Wildman–Crippen MR) is 66.1 cm³/mol. The highest BCUT2D eigenvalue weighted by Gasteiger charge is 2.17. The van der Waals surface area contributed by atoms with E-state index in [4.69, 9.17) is 11.6 Å². The van der Waals surface area contributed by atoms with Crippen molar-refractivity contribution >= 4 is 17.5 Å². The van der Waals surface area contributed by atoms with E-state index in [2.05, 4.69) is 33.7 Å². The van der Waals surface area contributed by atoms with Crippen LogP contribution in [0.4, 0.5) is 5.95 Å². The lowest BCUT2D eigenvalue weighted by molar-refractivity contribution is 0.311. The van der Waals surface area contributed by atoms with Crippen LogP contribution in [-0.2, 0) is 6.42 Å². The minimum atomic E-state index is 0.542. The molecule has 0 atom stereocenters. The van der Waals surface area contributed by atoms with Gasteiger partial charge in [0.25, 0.3) is 0 Å². The molecule has 5 heteroatoms. The zero-order chi connectivity index (χ0) is 11.5. The average Bonchev–Trinajstić information content (AvgIpc) is 2.29. The van der Waals surface area contributed by atoms with Gasteiger partial charge in [-0.3, -0.25) is 0 Å². The van der Waals surface area contributed by atoms with Crippen LogP contribution in [0.25, 0.3) is 0 Å². The number of anilines is 1. The van der Waals surface area contributed by atoms with Crippen molar-refractivity contribution in [2.45, 2.75) is 13.3 Å². The van der Waals surface area contributed by atoms with Crippen molar-refractivity contribution in [3.05, 3.63) is 16.9 Å². The minimum absolute atomic E-state index is 0.542. The number of hydrogen-bond donors (Lipinski definition) is 0. The molecule has 0 radical (unpaired) electrons. The molecule has 16 heavy (non-hydrogen) atoms. The predicted octanol–water partition coefficient (Wildman–Crippen LogP) is 1.44. The average molecular weight is 241 g/mol. The topological polar surface area (TPSA) is 32.3 Å². The highest BCUT2D eigenvalue weighted by atomic mass is 35.5. The van der Waals surface area contributed by atoms with Gasteiger partial charge < -0.3 is 9.80 Å². The number of likely N-dealkylation sites (N-methyl/N-ethyl adjacent to an activating group) is 1. The maximum absolute atomic E-state index is 5.99. The van der Waals surface area contributed by atoms with Crippen LogP contribution in [0.2, 0.25) is 5.15 Å². The van der Waals surface area contributed by atoms with Gasteiger partial charge in [0.15, 0.2) is 0 Å². The SMILES string of the molecule is CCc1cc(Cl)nc(N2CCN(C)CC2)n1. The Bertz CT molecular complexity index is 361. The van der Waals surface area contributed by atoms with Gasteiger partial charge in [0, 0.05) is 31.9 Å². The van der Waals surface area contributed by atoms with E-state index in [0.29, 0.717) is 5.15 Å². The molecule has 0 aliphatic carbocycles. The molecular weight excluding hydrogens is 224 g/mol. The van der Waals surface area contributed by atoms with Crippen LogP contribution in [0, 0.1) is 0 Å². The van der Waals surface area contributed by atoms with Gasteiger partial charge in [-0.05, 0) is 19.5 Å². The van der Waals surface area contributed by atoms with Gasteiger partial charge >= 0.3 is 0 Å².